The average Bonchev–Trinajstić information content (AvgIpc) is 2.65. The van der Waals surface area contributed by atoms with E-state index in [4.69, 9.17) is 5.73 Å². The number of carbonyl (C=O) groups excluding carboxylic acids is 2. The fourth-order valence-corrected chi connectivity index (χ4v) is 6.29. The molecule has 8 nitrogen and oxygen atoms in total. The van der Waals surface area contributed by atoms with E-state index in [0.29, 0.717) is 0 Å². The minimum absolute atomic E-state index is 0.0166. The van der Waals surface area contributed by atoms with Gasteiger partial charge in [-0.2, -0.15) is 16.8 Å². The molecule has 0 saturated carbocycles. The van der Waals surface area contributed by atoms with Gasteiger partial charge in [0, 0.05) is 12.8 Å². The second-order valence-electron chi connectivity index (χ2n) is 6.90. The molecule has 2 rings (SSSR count). The first-order chi connectivity index (χ1) is 14.0. The number of nitrogens with two attached hydrogens (primary N) is 1. The molecule has 2 aromatic rings. The number of primary amides is 1. The lowest BCUT2D eigenvalue weighted by Crippen LogP contribution is -2.41. The maximum Gasteiger partial charge on any atom is 0.280 e. The molecule has 2 aromatic carbocycles. The van der Waals surface area contributed by atoms with Gasteiger partial charge in [-0.1, -0.05) is 35.4 Å². The first kappa shape index (κ1) is 23.6. The van der Waals surface area contributed by atoms with Crippen LogP contribution in [-0.2, 0) is 29.6 Å². The number of carbonyl (C=O) groups is 2. The Hall–Kier alpha value is -2.72. The molecule has 0 heterocycles. The predicted octanol–water partition coefficient (Wildman–Crippen LogP) is 2.26. The molecule has 0 fully saturated rings. The third-order valence-electron chi connectivity index (χ3n) is 4.34. The van der Waals surface area contributed by atoms with Gasteiger partial charge in [0.1, 0.15) is 0 Å². The number of nitrogens with zero attached hydrogens (tertiary/aromatic N) is 1. The van der Waals surface area contributed by atoms with Crippen LogP contribution in [0, 0.1) is 13.8 Å². The standard InChI is InChI=1S/C20H24N2O6S2/c1-15-7-11-17(12-8-15)29(25,26)22(20(24)6-4-3-5-19(21)23)30(27,28)18-13-9-16(2)10-14-18/h7-14H,3-6H2,1-2H3,(H2,21,23). The van der Waals surface area contributed by atoms with Crippen LogP contribution in [0.3, 0.4) is 0 Å². The van der Waals surface area contributed by atoms with E-state index in [1.807, 2.05) is 0 Å². The number of amides is 2. The molecule has 0 aliphatic heterocycles. The summed E-state index contributed by atoms with van der Waals surface area (Å²) in [6.07, 6.45) is 0.00134. The van der Waals surface area contributed by atoms with E-state index < -0.39 is 31.9 Å². The molecular formula is C20H24N2O6S2. The maximum atomic E-state index is 13.2. The third kappa shape index (κ3) is 5.45. The van der Waals surface area contributed by atoms with Crippen molar-refractivity contribution >= 4 is 31.9 Å². The van der Waals surface area contributed by atoms with Crippen molar-refractivity contribution in [3.63, 3.8) is 0 Å². The Kier molecular flexibility index (Phi) is 7.38. The van der Waals surface area contributed by atoms with Crippen LogP contribution >= 0.6 is 0 Å². The van der Waals surface area contributed by atoms with Gasteiger partial charge in [0.2, 0.25) is 5.91 Å². The molecule has 0 unspecified atom stereocenters. The van der Waals surface area contributed by atoms with Crippen LogP contribution in [0.2, 0.25) is 0 Å². The SMILES string of the molecule is Cc1ccc(S(=O)(=O)N(C(=O)CCCCC(N)=O)S(=O)(=O)c2ccc(C)cc2)cc1. The zero-order valence-corrected chi connectivity index (χ0v) is 18.4. The number of aryl methyl sites for hydroxylation is 2. The second-order valence-corrected chi connectivity index (χ2v) is 10.7. The highest BCUT2D eigenvalue weighted by atomic mass is 32.3. The smallest absolute Gasteiger partial charge is 0.280 e. The molecule has 0 radical (unpaired) electrons. The van der Waals surface area contributed by atoms with E-state index in [-0.39, 0.29) is 39.2 Å². The number of hydrogen-bond donors (Lipinski definition) is 1. The predicted molar refractivity (Wildman–Crippen MR) is 111 cm³/mol. The Morgan fingerprint density at radius 1 is 0.733 bits per heavy atom. The van der Waals surface area contributed by atoms with Crippen molar-refractivity contribution in [2.75, 3.05) is 0 Å². The normalized spacial score (nSPS) is 11.8. The zero-order valence-electron chi connectivity index (χ0n) is 16.7. The highest BCUT2D eigenvalue weighted by Crippen LogP contribution is 2.26. The molecule has 30 heavy (non-hydrogen) atoms. The average molecular weight is 453 g/mol. The van der Waals surface area contributed by atoms with Gasteiger partial charge in [0.15, 0.2) is 0 Å². The largest absolute Gasteiger partial charge is 0.370 e. The molecule has 2 amide bonds. The van der Waals surface area contributed by atoms with Gasteiger partial charge in [-0.25, -0.2) is 0 Å². The minimum atomic E-state index is -4.68. The molecule has 0 saturated heterocycles. The fourth-order valence-electron chi connectivity index (χ4n) is 2.68. The summed E-state index contributed by atoms with van der Waals surface area (Å²) in [4.78, 5) is 23.0. The van der Waals surface area contributed by atoms with Crippen molar-refractivity contribution < 1.29 is 26.4 Å². The molecule has 0 aliphatic carbocycles. The van der Waals surface area contributed by atoms with E-state index in [0.717, 1.165) is 11.1 Å². The summed E-state index contributed by atoms with van der Waals surface area (Å²) in [5, 5.41) is 0. The molecule has 0 atom stereocenters. The number of sulfonamides is 2. The lowest BCUT2D eigenvalue weighted by molar-refractivity contribution is -0.124. The van der Waals surface area contributed by atoms with Crippen molar-refractivity contribution in [3.8, 4) is 0 Å². The van der Waals surface area contributed by atoms with Crippen LogP contribution in [0.15, 0.2) is 58.3 Å². The molecule has 0 bridgehead atoms. The molecule has 162 valence electrons. The number of rotatable bonds is 9. The molecule has 0 aliphatic rings. The second kappa shape index (κ2) is 9.40. The van der Waals surface area contributed by atoms with Gasteiger partial charge in [-0.15, -0.1) is 3.71 Å². The molecule has 0 aromatic heterocycles. The molecule has 2 N–H and O–H groups in total. The van der Waals surface area contributed by atoms with Crippen molar-refractivity contribution in [3.05, 3.63) is 59.7 Å². The Bertz CT molecular complexity index is 1050. The van der Waals surface area contributed by atoms with E-state index in [1.54, 1.807) is 13.8 Å². The quantitative estimate of drug-likeness (QED) is 0.581. The van der Waals surface area contributed by atoms with E-state index in [1.165, 1.54) is 48.5 Å². The Balaban J connectivity index is 2.49. The number of hydrogen-bond acceptors (Lipinski definition) is 6. The van der Waals surface area contributed by atoms with E-state index >= 15 is 0 Å². The highest BCUT2D eigenvalue weighted by Gasteiger charge is 2.40. The topological polar surface area (TPSA) is 132 Å². The summed E-state index contributed by atoms with van der Waals surface area (Å²) in [5.74, 6) is -1.65. The van der Waals surface area contributed by atoms with Crippen LogP contribution in [0.5, 0.6) is 0 Å². The van der Waals surface area contributed by atoms with Crippen molar-refractivity contribution in [1.82, 2.24) is 3.71 Å². The van der Waals surface area contributed by atoms with Gasteiger partial charge in [-0.05, 0) is 51.0 Å². The first-order valence-corrected chi connectivity index (χ1v) is 12.1. The van der Waals surface area contributed by atoms with Crippen LogP contribution in [0.1, 0.15) is 36.8 Å². The van der Waals surface area contributed by atoms with E-state index in [9.17, 15) is 26.4 Å². The molecule has 0 spiro atoms. The summed E-state index contributed by atoms with van der Waals surface area (Å²) < 4.78 is 52.6. The van der Waals surface area contributed by atoms with Gasteiger partial charge < -0.3 is 5.73 Å². The summed E-state index contributed by atoms with van der Waals surface area (Å²) in [6, 6.07) is 11.1. The number of benzene rings is 2. The van der Waals surface area contributed by atoms with Crippen molar-refractivity contribution in [1.29, 1.82) is 0 Å². The van der Waals surface area contributed by atoms with Crippen LogP contribution in [-0.4, -0.2) is 32.4 Å². The van der Waals surface area contributed by atoms with Gasteiger partial charge >= 0.3 is 0 Å². The summed E-state index contributed by atoms with van der Waals surface area (Å²) in [6.45, 7) is 3.50. The molecule has 10 heteroatoms. The fraction of sp³-hybridized carbons (Fsp3) is 0.300. The Morgan fingerprint density at radius 2 is 1.10 bits per heavy atom. The summed E-state index contributed by atoms with van der Waals surface area (Å²) in [5.41, 5.74) is 6.61. The lowest BCUT2D eigenvalue weighted by atomic mass is 10.2. The van der Waals surface area contributed by atoms with Crippen molar-refractivity contribution in [2.45, 2.75) is 49.3 Å². The highest BCUT2D eigenvalue weighted by molar-refractivity contribution is 8.04. The van der Waals surface area contributed by atoms with Gasteiger partial charge in [0.05, 0.1) is 9.79 Å². The monoisotopic (exact) mass is 452 g/mol. The molecular weight excluding hydrogens is 428 g/mol. The minimum Gasteiger partial charge on any atom is -0.370 e. The lowest BCUT2D eigenvalue weighted by Gasteiger charge is -2.22. The maximum absolute atomic E-state index is 13.2. The van der Waals surface area contributed by atoms with Gasteiger partial charge in [-0.3, -0.25) is 9.59 Å². The summed E-state index contributed by atoms with van der Waals surface area (Å²) in [7, 11) is -9.36. The van der Waals surface area contributed by atoms with Crippen molar-refractivity contribution in [2.24, 2.45) is 5.73 Å². The van der Waals surface area contributed by atoms with E-state index in [2.05, 4.69) is 0 Å². The van der Waals surface area contributed by atoms with Crippen LogP contribution < -0.4 is 5.73 Å². The van der Waals surface area contributed by atoms with Gasteiger partial charge in [0.25, 0.3) is 26.0 Å². The zero-order chi connectivity index (χ0) is 22.5. The van der Waals surface area contributed by atoms with Crippen LogP contribution in [0.25, 0.3) is 0 Å². The number of unbranched alkanes of at least 4 members (excludes halogenated alkanes) is 1. The Morgan fingerprint density at radius 3 is 1.47 bits per heavy atom. The third-order valence-corrected chi connectivity index (χ3v) is 8.54. The van der Waals surface area contributed by atoms with Crippen LogP contribution in [0.4, 0.5) is 0 Å². The first-order valence-electron chi connectivity index (χ1n) is 9.21. The summed E-state index contributed by atoms with van der Waals surface area (Å²) >= 11 is 0. The Labute approximate surface area is 176 Å².